The fourth-order valence-electron chi connectivity index (χ4n) is 2.02. The Morgan fingerprint density at radius 2 is 2.07 bits per heavy atom. The van der Waals surface area contributed by atoms with E-state index in [1.807, 2.05) is 30.3 Å². The number of amides is 1. The van der Waals surface area contributed by atoms with Crippen molar-refractivity contribution in [3.8, 4) is 0 Å². The van der Waals surface area contributed by atoms with E-state index in [0.717, 1.165) is 18.5 Å². The van der Waals surface area contributed by atoms with Gasteiger partial charge < -0.3 is 11.1 Å². The second-order valence-electron chi connectivity index (χ2n) is 3.66. The molecule has 1 saturated heterocycles. The van der Waals surface area contributed by atoms with Crippen LogP contribution in [0.5, 0.6) is 0 Å². The maximum absolute atomic E-state index is 11.7. The molecule has 0 radical (unpaired) electrons. The van der Waals surface area contributed by atoms with Gasteiger partial charge in [0.15, 0.2) is 0 Å². The van der Waals surface area contributed by atoms with Crippen LogP contribution in [0.4, 0.5) is 0 Å². The fraction of sp³-hybridized carbons (Fsp3) is 0.364. The predicted molar refractivity (Wildman–Crippen MR) is 54.8 cm³/mol. The normalized spacial score (nSPS) is 26.2. The fourth-order valence-corrected chi connectivity index (χ4v) is 2.02. The van der Waals surface area contributed by atoms with Gasteiger partial charge in [0.1, 0.15) is 0 Å². The molecule has 1 fully saturated rings. The monoisotopic (exact) mass is 190 g/mol. The Morgan fingerprint density at radius 1 is 1.36 bits per heavy atom. The van der Waals surface area contributed by atoms with Gasteiger partial charge in [-0.3, -0.25) is 4.79 Å². The van der Waals surface area contributed by atoms with Crippen LogP contribution in [0.25, 0.3) is 0 Å². The highest BCUT2D eigenvalue weighted by atomic mass is 16.2. The maximum atomic E-state index is 11.7. The average Bonchev–Trinajstić information content (AvgIpc) is 2.62. The van der Waals surface area contributed by atoms with E-state index < -0.39 is 5.41 Å². The van der Waals surface area contributed by atoms with Gasteiger partial charge in [0, 0.05) is 13.1 Å². The number of carbonyl (C=O) groups excluding carboxylic acids is 1. The molecule has 74 valence electrons. The summed E-state index contributed by atoms with van der Waals surface area (Å²) in [7, 11) is 0. The molecule has 0 aliphatic carbocycles. The number of hydrogen-bond acceptors (Lipinski definition) is 2. The third kappa shape index (κ3) is 1.21. The second kappa shape index (κ2) is 3.42. The van der Waals surface area contributed by atoms with E-state index in [9.17, 15) is 4.79 Å². The van der Waals surface area contributed by atoms with Crippen LogP contribution in [0.2, 0.25) is 0 Å². The number of nitrogens with two attached hydrogens (primary N) is 1. The molecule has 1 aromatic carbocycles. The molecule has 1 amide bonds. The molecule has 0 spiro atoms. The van der Waals surface area contributed by atoms with Crippen LogP contribution in [-0.4, -0.2) is 19.0 Å². The van der Waals surface area contributed by atoms with Crippen molar-refractivity contribution in [3.63, 3.8) is 0 Å². The molecular formula is C11H14N2O. The van der Waals surface area contributed by atoms with E-state index in [1.54, 1.807) is 0 Å². The van der Waals surface area contributed by atoms with Gasteiger partial charge >= 0.3 is 0 Å². The largest absolute Gasteiger partial charge is 0.355 e. The summed E-state index contributed by atoms with van der Waals surface area (Å²) in [6.45, 7) is 1.10. The molecule has 1 aromatic rings. The van der Waals surface area contributed by atoms with Crippen LogP contribution in [0.3, 0.4) is 0 Å². The van der Waals surface area contributed by atoms with Crippen LogP contribution >= 0.6 is 0 Å². The Hall–Kier alpha value is -1.35. The van der Waals surface area contributed by atoms with Crippen LogP contribution in [0.15, 0.2) is 30.3 Å². The molecule has 0 bridgehead atoms. The second-order valence-corrected chi connectivity index (χ2v) is 3.66. The van der Waals surface area contributed by atoms with Crippen LogP contribution < -0.4 is 11.1 Å². The lowest BCUT2D eigenvalue weighted by Gasteiger charge is -2.24. The van der Waals surface area contributed by atoms with Gasteiger partial charge in [0.2, 0.25) is 5.91 Å². The highest BCUT2D eigenvalue weighted by molar-refractivity contribution is 5.90. The zero-order valence-electron chi connectivity index (χ0n) is 7.99. The number of hydrogen-bond donors (Lipinski definition) is 2. The topological polar surface area (TPSA) is 55.1 Å². The highest BCUT2D eigenvalue weighted by Gasteiger charge is 2.42. The van der Waals surface area contributed by atoms with Crippen molar-refractivity contribution in [2.75, 3.05) is 13.1 Å². The Kier molecular flexibility index (Phi) is 2.25. The summed E-state index contributed by atoms with van der Waals surface area (Å²) >= 11 is 0. The minimum atomic E-state index is -0.485. The van der Waals surface area contributed by atoms with Gasteiger partial charge in [-0.15, -0.1) is 0 Å². The lowest BCUT2D eigenvalue weighted by molar-refractivity contribution is -0.123. The summed E-state index contributed by atoms with van der Waals surface area (Å²) in [5.74, 6) is 0.0613. The van der Waals surface area contributed by atoms with Crippen molar-refractivity contribution in [1.82, 2.24) is 5.32 Å². The van der Waals surface area contributed by atoms with Gasteiger partial charge in [-0.1, -0.05) is 30.3 Å². The molecule has 1 atom stereocenters. The van der Waals surface area contributed by atoms with Crippen LogP contribution in [-0.2, 0) is 10.2 Å². The molecule has 0 aromatic heterocycles. The van der Waals surface area contributed by atoms with Crippen molar-refractivity contribution >= 4 is 5.91 Å². The third-order valence-electron chi connectivity index (χ3n) is 2.95. The van der Waals surface area contributed by atoms with E-state index in [0.29, 0.717) is 6.54 Å². The first-order chi connectivity index (χ1) is 6.79. The number of rotatable bonds is 2. The molecule has 1 aliphatic heterocycles. The third-order valence-corrected chi connectivity index (χ3v) is 2.95. The van der Waals surface area contributed by atoms with Crippen LogP contribution in [0, 0.1) is 0 Å². The van der Waals surface area contributed by atoms with Gasteiger partial charge in [0.05, 0.1) is 5.41 Å². The van der Waals surface area contributed by atoms with Crippen molar-refractivity contribution in [1.29, 1.82) is 0 Å². The number of benzene rings is 1. The average molecular weight is 190 g/mol. The molecule has 3 heteroatoms. The van der Waals surface area contributed by atoms with Crippen molar-refractivity contribution in [3.05, 3.63) is 35.9 Å². The summed E-state index contributed by atoms with van der Waals surface area (Å²) in [6, 6.07) is 9.77. The summed E-state index contributed by atoms with van der Waals surface area (Å²) in [6.07, 6.45) is 0.798. The number of carbonyl (C=O) groups is 1. The minimum Gasteiger partial charge on any atom is -0.355 e. The van der Waals surface area contributed by atoms with Crippen molar-refractivity contribution in [2.24, 2.45) is 5.73 Å². The first kappa shape index (κ1) is 9.21. The summed E-state index contributed by atoms with van der Waals surface area (Å²) in [5.41, 5.74) is 6.27. The van der Waals surface area contributed by atoms with E-state index >= 15 is 0 Å². The zero-order chi connectivity index (χ0) is 10.0. The Labute approximate surface area is 83.3 Å². The lowest BCUT2D eigenvalue weighted by Crippen LogP contribution is -2.42. The molecule has 1 heterocycles. The van der Waals surface area contributed by atoms with Crippen LogP contribution in [0.1, 0.15) is 12.0 Å². The van der Waals surface area contributed by atoms with Crippen molar-refractivity contribution in [2.45, 2.75) is 11.8 Å². The lowest BCUT2D eigenvalue weighted by atomic mass is 9.79. The summed E-state index contributed by atoms with van der Waals surface area (Å²) in [4.78, 5) is 11.7. The Bertz CT molecular complexity index is 336. The van der Waals surface area contributed by atoms with E-state index in [1.165, 1.54) is 0 Å². The van der Waals surface area contributed by atoms with Gasteiger partial charge in [-0.05, 0) is 12.0 Å². The molecule has 3 N–H and O–H groups in total. The van der Waals surface area contributed by atoms with E-state index in [-0.39, 0.29) is 5.91 Å². The highest BCUT2D eigenvalue weighted by Crippen LogP contribution is 2.30. The molecule has 1 unspecified atom stereocenters. The Morgan fingerprint density at radius 3 is 2.57 bits per heavy atom. The van der Waals surface area contributed by atoms with Gasteiger partial charge in [-0.25, -0.2) is 0 Å². The quantitative estimate of drug-likeness (QED) is 0.709. The zero-order valence-corrected chi connectivity index (χ0v) is 7.99. The van der Waals surface area contributed by atoms with Gasteiger partial charge in [-0.2, -0.15) is 0 Å². The van der Waals surface area contributed by atoms with Gasteiger partial charge in [0.25, 0.3) is 0 Å². The summed E-state index contributed by atoms with van der Waals surface area (Å²) in [5, 5.41) is 2.84. The molecule has 1 aliphatic rings. The standard InChI is InChI=1S/C11H14N2O/c12-8-11(6-7-13-10(11)14)9-4-2-1-3-5-9/h1-5H,6-8,12H2,(H,13,14). The summed E-state index contributed by atoms with van der Waals surface area (Å²) < 4.78 is 0. The van der Waals surface area contributed by atoms with E-state index in [4.69, 9.17) is 5.73 Å². The Balaban J connectivity index is 2.43. The molecular weight excluding hydrogens is 176 g/mol. The first-order valence-corrected chi connectivity index (χ1v) is 4.83. The predicted octanol–water partition coefficient (Wildman–Crippen LogP) is 0.403. The molecule has 3 nitrogen and oxygen atoms in total. The molecule has 0 saturated carbocycles. The number of nitrogens with one attached hydrogen (secondary N) is 1. The van der Waals surface area contributed by atoms with E-state index in [2.05, 4.69) is 5.32 Å². The smallest absolute Gasteiger partial charge is 0.232 e. The SMILES string of the molecule is NCC1(c2ccccc2)CCNC1=O. The molecule has 2 rings (SSSR count). The van der Waals surface area contributed by atoms with Crippen molar-refractivity contribution < 1.29 is 4.79 Å². The minimum absolute atomic E-state index is 0.0613. The first-order valence-electron chi connectivity index (χ1n) is 4.83. The molecule has 14 heavy (non-hydrogen) atoms. The maximum Gasteiger partial charge on any atom is 0.232 e.